The van der Waals surface area contributed by atoms with Crippen molar-refractivity contribution in [3.63, 3.8) is 0 Å². The normalized spacial score (nSPS) is 20.6. The van der Waals surface area contributed by atoms with Crippen molar-refractivity contribution in [3.8, 4) is 0 Å². The third-order valence-corrected chi connectivity index (χ3v) is 8.83. The first-order valence-corrected chi connectivity index (χ1v) is 12.8. The summed E-state index contributed by atoms with van der Waals surface area (Å²) in [6, 6.07) is 11.9. The number of hydrogen-bond acceptors (Lipinski definition) is 3. The summed E-state index contributed by atoms with van der Waals surface area (Å²) in [5.41, 5.74) is 2.92. The van der Waals surface area contributed by atoms with Gasteiger partial charge in [0.25, 0.3) is 0 Å². The van der Waals surface area contributed by atoms with Gasteiger partial charge in [-0.25, -0.2) is 12.8 Å². The molecule has 2 aromatic rings. The molecule has 0 aromatic heterocycles. The Morgan fingerprint density at radius 1 is 1.00 bits per heavy atom. The summed E-state index contributed by atoms with van der Waals surface area (Å²) in [6.07, 6.45) is 3.59. The number of hydrogen-bond donors (Lipinski definition) is 0. The van der Waals surface area contributed by atoms with E-state index in [9.17, 15) is 17.6 Å². The van der Waals surface area contributed by atoms with Crippen LogP contribution >= 0.6 is 0 Å². The zero-order valence-corrected chi connectivity index (χ0v) is 19.6. The van der Waals surface area contributed by atoms with E-state index in [-0.39, 0.29) is 23.7 Å². The minimum absolute atomic E-state index is 0.0848. The molecule has 1 atom stereocenters. The van der Waals surface area contributed by atoms with E-state index in [2.05, 4.69) is 0 Å². The van der Waals surface area contributed by atoms with E-state index in [1.54, 1.807) is 18.2 Å². The van der Waals surface area contributed by atoms with Gasteiger partial charge in [0, 0.05) is 31.6 Å². The first-order chi connectivity index (χ1) is 15.3. The smallest absolute Gasteiger partial charge is 0.243 e. The molecule has 32 heavy (non-hydrogen) atoms. The maximum Gasteiger partial charge on any atom is 0.243 e. The van der Waals surface area contributed by atoms with Crippen molar-refractivity contribution in [1.82, 2.24) is 9.21 Å². The summed E-state index contributed by atoms with van der Waals surface area (Å²) in [5, 5.41) is 0. The summed E-state index contributed by atoms with van der Waals surface area (Å²) < 4.78 is 41.2. The second-order valence-corrected chi connectivity index (χ2v) is 11.0. The number of sulfonamides is 1. The van der Waals surface area contributed by atoms with Crippen LogP contribution in [0.25, 0.3) is 0 Å². The zero-order chi connectivity index (χ0) is 22.9. The van der Waals surface area contributed by atoms with Crippen LogP contribution in [-0.4, -0.2) is 49.2 Å². The molecule has 2 fully saturated rings. The Morgan fingerprint density at radius 3 is 2.44 bits per heavy atom. The lowest BCUT2D eigenvalue weighted by Crippen LogP contribution is -2.46. The van der Waals surface area contributed by atoms with Crippen LogP contribution in [0.3, 0.4) is 0 Å². The highest BCUT2D eigenvalue weighted by Crippen LogP contribution is 2.29. The largest absolute Gasteiger partial charge is 0.339 e. The quantitative estimate of drug-likeness (QED) is 0.679. The molecule has 0 radical (unpaired) electrons. The number of carbonyl (C=O) groups is 1. The Balaban J connectivity index is 1.39. The van der Waals surface area contributed by atoms with Crippen LogP contribution in [0.15, 0.2) is 47.4 Å². The minimum Gasteiger partial charge on any atom is -0.339 e. The monoisotopic (exact) mass is 458 g/mol. The average Bonchev–Trinajstić information content (AvgIpc) is 3.23. The molecule has 5 nitrogen and oxygen atoms in total. The number of likely N-dealkylation sites (tertiary alicyclic amines) is 1. The zero-order valence-electron chi connectivity index (χ0n) is 18.8. The van der Waals surface area contributed by atoms with Crippen LogP contribution in [0.1, 0.15) is 42.4 Å². The predicted molar refractivity (Wildman–Crippen MR) is 122 cm³/mol. The highest BCUT2D eigenvalue weighted by Gasteiger charge is 2.37. The summed E-state index contributed by atoms with van der Waals surface area (Å²) in [6.45, 7) is 5.31. The molecular formula is C25H31FN2O3S. The van der Waals surface area contributed by atoms with Crippen LogP contribution in [-0.2, 0) is 21.2 Å². The lowest BCUT2D eigenvalue weighted by molar-refractivity contribution is -0.137. The highest BCUT2D eigenvalue weighted by atomic mass is 32.2. The third-order valence-electron chi connectivity index (χ3n) is 6.94. The Bertz CT molecular complexity index is 1090. The summed E-state index contributed by atoms with van der Waals surface area (Å²) in [4.78, 5) is 15.5. The predicted octanol–water partition coefficient (Wildman–Crippen LogP) is 4.08. The molecule has 2 aliphatic heterocycles. The van der Waals surface area contributed by atoms with Gasteiger partial charge in [0.15, 0.2) is 0 Å². The van der Waals surface area contributed by atoms with Gasteiger partial charge >= 0.3 is 0 Å². The number of aryl methyl sites for hydroxylation is 2. The van der Waals surface area contributed by atoms with E-state index in [0.717, 1.165) is 36.1 Å². The first-order valence-electron chi connectivity index (χ1n) is 11.4. The fourth-order valence-corrected chi connectivity index (χ4v) is 6.43. The van der Waals surface area contributed by atoms with Crippen LogP contribution in [0.2, 0.25) is 0 Å². The van der Waals surface area contributed by atoms with Crippen LogP contribution in [0.4, 0.5) is 4.39 Å². The van der Waals surface area contributed by atoms with Gasteiger partial charge in [0.05, 0.1) is 4.90 Å². The van der Waals surface area contributed by atoms with Gasteiger partial charge in [-0.15, -0.1) is 0 Å². The van der Waals surface area contributed by atoms with Crippen molar-refractivity contribution in [1.29, 1.82) is 0 Å². The van der Waals surface area contributed by atoms with Gasteiger partial charge in [0.2, 0.25) is 15.9 Å². The molecule has 1 unspecified atom stereocenters. The summed E-state index contributed by atoms with van der Waals surface area (Å²) in [7, 11) is -3.55. The summed E-state index contributed by atoms with van der Waals surface area (Å²) in [5.74, 6) is -0.294. The standard InChI is InChI=1S/C25H31FN2O3S/c1-18-8-9-24(15-19(18)2)32(30,31)27-13-10-21(11-14-27)25(29)28-12-4-7-23(28)17-20-5-3-6-22(26)16-20/h3,5-6,8-9,15-16,21,23H,4,7,10-14,17H2,1-2H3. The molecule has 0 spiro atoms. The second kappa shape index (κ2) is 9.32. The fraction of sp³-hybridized carbons (Fsp3) is 0.480. The number of benzene rings is 2. The first kappa shape index (κ1) is 22.9. The second-order valence-electron chi connectivity index (χ2n) is 9.09. The number of halogens is 1. The fourth-order valence-electron chi connectivity index (χ4n) is 4.88. The Morgan fingerprint density at radius 2 is 1.75 bits per heavy atom. The van der Waals surface area contributed by atoms with E-state index in [0.29, 0.717) is 37.2 Å². The van der Waals surface area contributed by atoms with Gasteiger partial charge in [-0.05, 0) is 86.9 Å². The van der Waals surface area contributed by atoms with Crippen molar-refractivity contribution in [2.24, 2.45) is 5.92 Å². The Kier molecular flexibility index (Phi) is 6.67. The molecule has 0 bridgehead atoms. The van der Waals surface area contributed by atoms with Crippen molar-refractivity contribution < 1.29 is 17.6 Å². The summed E-state index contributed by atoms with van der Waals surface area (Å²) >= 11 is 0. The molecule has 0 aliphatic carbocycles. The third kappa shape index (κ3) is 4.74. The van der Waals surface area contributed by atoms with E-state index in [1.165, 1.54) is 16.4 Å². The van der Waals surface area contributed by atoms with E-state index in [1.807, 2.05) is 30.9 Å². The molecule has 172 valence electrons. The number of amides is 1. The van der Waals surface area contributed by atoms with Crippen molar-refractivity contribution >= 4 is 15.9 Å². The molecule has 0 saturated carbocycles. The number of piperidine rings is 1. The maximum atomic E-state index is 13.6. The maximum absolute atomic E-state index is 13.6. The molecule has 4 rings (SSSR count). The SMILES string of the molecule is Cc1ccc(S(=O)(=O)N2CCC(C(=O)N3CCCC3Cc3cccc(F)c3)CC2)cc1C. The van der Waals surface area contributed by atoms with Crippen molar-refractivity contribution in [3.05, 3.63) is 65.0 Å². The van der Waals surface area contributed by atoms with Gasteiger partial charge < -0.3 is 4.90 Å². The molecule has 2 saturated heterocycles. The molecule has 0 N–H and O–H groups in total. The van der Waals surface area contributed by atoms with E-state index < -0.39 is 10.0 Å². The topological polar surface area (TPSA) is 57.7 Å². The molecule has 7 heteroatoms. The number of nitrogens with zero attached hydrogens (tertiary/aromatic N) is 2. The number of carbonyl (C=O) groups excluding carboxylic acids is 1. The van der Waals surface area contributed by atoms with E-state index in [4.69, 9.17) is 0 Å². The Hall–Kier alpha value is -2.25. The van der Waals surface area contributed by atoms with Crippen LogP contribution in [0.5, 0.6) is 0 Å². The van der Waals surface area contributed by atoms with Crippen molar-refractivity contribution in [2.75, 3.05) is 19.6 Å². The van der Waals surface area contributed by atoms with Gasteiger partial charge in [-0.3, -0.25) is 4.79 Å². The lowest BCUT2D eigenvalue weighted by atomic mass is 9.95. The number of rotatable bonds is 5. The molecule has 2 aromatic carbocycles. The molecule has 2 heterocycles. The highest BCUT2D eigenvalue weighted by molar-refractivity contribution is 7.89. The van der Waals surface area contributed by atoms with Crippen LogP contribution in [0, 0.1) is 25.6 Å². The molecule has 2 aliphatic rings. The minimum atomic E-state index is -3.55. The van der Waals surface area contributed by atoms with Gasteiger partial charge in [-0.2, -0.15) is 4.31 Å². The van der Waals surface area contributed by atoms with Gasteiger partial charge in [-0.1, -0.05) is 18.2 Å². The Labute approximate surface area is 190 Å². The molecule has 1 amide bonds. The van der Waals surface area contributed by atoms with Crippen molar-refractivity contribution in [2.45, 2.75) is 56.9 Å². The lowest BCUT2D eigenvalue weighted by Gasteiger charge is -2.34. The molecular weight excluding hydrogens is 427 g/mol. The van der Waals surface area contributed by atoms with E-state index >= 15 is 0 Å². The van der Waals surface area contributed by atoms with Gasteiger partial charge in [0.1, 0.15) is 5.82 Å². The average molecular weight is 459 g/mol. The van der Waals surface area contributed by atoms with Crippen LogP contribution < -0.4 is 0 Å².